The van der Waals surface area contributed by atoms with Crippen LogP contribution in [0, 0.1) is 51.4 Å². The van der Waals surface area contributed by atoms with Crippen molar-refractivity contribution in [2.24, 2.45) is 23.7 Å². The smallest absolute Gasteiger partial charge is 0.168 e. The van der Waals surface area contributed by atoms with Gasteiger partial charge in [0.1, 0.15) is 0 Å². The Bertz CT molecular complexity index is 996. The van der Waals surface area contributed by atoms with Crippen LogP contribution in [0.4, 0.5) is 0 Å². The van der Waals surface area contributed by atoms with Gasteiger partial charge in [-0.1, -0.05) is 70.8 Å². The highest BCUT2D eigenvalue weighted by Gasteiger charge is 2.55. The van der Waals surface area contributed by atoms with Gasteiger partial charge in [-0.15, -0.1) is 0 Å². The summed E-state index contributed by atoms with van der Waals surface area (Å²) in [4.78, 5) is 13.7. The molecule has 1 fully saturated rings. The number of aryl methyl sites for hydroxylation is 4. The number of hydrogen-bond acceptors (Lipinski definition) is 1. The SMILES string of the molecule is Cc1cc(C)cc(C2=C(c3cc(C)cc(C)c3)[C@H]3[C@@H](C2=O)[C@@H]2C=C[C@H]3C2)c1. The third-order valence-electron chi connectivity index (χ3n) is 6.65. The molecule has 0 saturated heterocycles. The topological polar surface area (TPSA) is 17.1 Å². The van der Waals surface area contributed by atoms with E-state index in [0.29, 0.717) is 23.5 Å². The van der Waals surface area contributed by atoms with Gasteiger partial charge >= 0.3 is 0 Å². The Morgan fingerprint density at radius 3 is 1.70 bits per heavy atom. The van der Waals surface area contributed by atoms with Gasteiger partial charge in [-0.3, -0.25) is 4.79 Å². The fourth-order valence-corrected chi connectivity index (χ4v) is 5.92. The molecule has 2 aromatic rings. The summed E-state index contributed by atoms with van der Waals surface area (Å²) in [6.07, 6.45) is 5.81. The highest BCUT2D eigenvalue weighted by atomic mass is 16.1. The Labute approximate surface area is 161 Å². The van der Waals surface area contributed by atoms with Gasteiger partial charge in [0, 0.05) is 17.4 Å². The Morgan fingerprint density at radius 2 is 1.15 bits per heavy atom. The first-order valence-corrected chi connectivity index (χ1v) is 10.1. The van der Waals surface area contributed by atoms with Gasteiger partial charge < -0.3 is 0 Å². The van der Waals surface area contributed by atoms with Crippen molar-refractivity contribution in [3.63, 3.8) is 0 Å². The molecule has 2 aromatic carbocycles. The summed E-state index contributed by atoms with van der Waals surface area (Å²) in [6.45, 7) is 8.56. The van der Waals surface area contributed by atoms with Crippen molar-refractivity contribution < 1.29 is 4.79 Å². The average Bonchev–Trinajstić information content (AvgIpc) is 3.25. The number of Topliss-reactive ketones (excluding diaryl/α,β-unsaturated/α-hetero) is 1. The van der Waals surface area contributed by atoms with Crippen molar-refractivity contribution in [2.45, 2.75) is 34.1 Å². The number of allylic oxidation sites excluding steroid dienone is 4. The van der Waals surface area contributed by atoms with E-state index >= 15 is 0 Å². The van der Waals surface area contributed by atoms with Gasteiger partial charge in [-0.05, 0) is 62.7 Å². The van der Waals surface area contributed by atoms with Crippen LogP contribution in [0.15, 0.2) is 48.6 Å². The molecule has 0 spiro atoms. The van der Waals surface area contributed by atoms with Crippen LogP contribution >= 0.6 is 0 Å². The second-order valence-corrected chi connectivity index (χ2v) is 8.91. The first-order valence-electron chi connectivity index (χ1n) is 10.1. The molecule has 136 valence electrons. The third kappa shape index (κ3) is 2.48. The van der Waals surface area contributed by atoms with Crippen LogP contribution in [0.1, 0.15) is 39.8 Å². The summed E-state index contributed by atoms with van der Waals surface area (Å²) in [5.41, 5.74) is 9.65. The average molecular weight is 354 g/mol. The van der Waals surface area contributed by atoms with Crippen molar-refractivity contribution in [1.29, 1.82) is 0 Å². The monoisotopic (exact) mass is 354 g/mol. The predicted molar refractivity (Wildman–Crippen MR) is 111 cm³/mol. The zero-order valence-electron chi connectivity index (χ0n) is 16.5. The molecule has 27 heavy (non-hydrogen) atoms. The van der Waals surface area contributed by atoms with Gasteiger partial charge in [0.15, 0.2) is 5.78 Å². The van der Waals surface area contributed by atoms with Crippen LogP contribution in [-0.2, 0) is 4.79 Å². The highest BCUT2D eigenvalue weighted by Crippen LogP contribution is 2.60. The Kier molecular flexibility index (Phi) is 3.59. The molecule has 3 aliphatic carbocycles. The van der Waals surface area contributed by atoms with E-state index in [4.69, 9.17) is 0 Å². The van der Waals surface area contributed by atoms with Gasteiger partial charge in [0.05, 0.1) is 0 Å². The van der Waals surface area contributed by atoms with E-state index in [9.17, 15) is 4.79 Å². The van der Waals surface area contributed by atoms with E-state index in [1.807, 2.05) is 0 Å². The molecule has 5 rings (SSSR count). The van der Waals surface area contributed by atoms with Crippen LogP contribution in [0.5, 0.6) is 0 Å². The summed E-state index contributed by atoms with van der Waals surface area (Å²) < 4.78 is 0. The molecule has 0 amide bonds. The molecule has 0 aromatic heterocycles. The van der Waals surface area contributed by atoms with Crippen LogP contribution in [-0.4, -0.2) is 5.78 Å². The lowest BCUT2D eigenvalue weighted by atomic mass is 9.79. The zero-order valence-corrected chi connectivity index (χ0v) is 16.5. The maximum atomic E-state index is 13.7. The lowest BCUT2D eigenvalue weighted by molar-refractivity contribution is -0.117. The molecule has 1 saturated carbocycles. The molecular weight excluding hydrogens is 328 g/mol. The highest BCUT2D eigenvalue weighted by molar-refractivity contribution is 6.33. The van der Waals surface area contributed by atoms with E-state index in [2.05, 4.69) is 76.2 Å². The molecular formula is C26H26O. The van der Waals surface area contributed by atoms with Crippen molar-refractivity contribution in [2.75, 3.05) is 0 Å². The quantitative estimate of drug-likeness (QED) is 0.618. The summed E-state index contributed by atoms with van der Waals surface area (Å²) in [6, 6.07) is 13.3. The number of rotatable bonds is 2. The van der Waals surface area contributed by atoms with Crippen LogP contribution < -0.4 is 0 Å². The number of carbonyl (C=O) groups excluding carboxylic acids is 1. The van der Waals surface area contributed by atoms with E-state index < -0.39 is 0 Å². The van der Waals surface area contributed by atoms with Crippen LogP contribution in [0.3, 0.4) is 0 Å². The lowest BCUT2D eigenvalue weighted by Gasteiger charge is -2.23. The Balaban J connectivity index is 1.79. The second-order valence-electron chi connectivity index (χ2n) is 8.91. The first-order chi connectivity index (χ1) is 12.9. The maximum absolute atomic E-state index is 13.7. The molecule has 0 heterocycles. The molecule has 3 aliphatic rings. The fourth-order valence-electron chi connectivity index (χ4n) is 5.92. The molecule has 0 N–H and O–H groups in total. The zero-order chi connectivity index (χ0) is 18.9. The molecule has 1 heteroatoms. The largest absolute Gasteiger partial charge is 0.294 e. The summed E-state index contributed by atoms with van der Waals surface area (Å²) in [5.74, 6) is 1.81. The first kappa shape index (κ1) is 16.7. The standard InChI is InChI=1S/C26H26O/c1-14-7-15(2)10-20(9-14)23-22-18-5-6-19(13-18)24(22)26(27)25(23)21-11-16(3)8-17(4)12-21/h5-12,18-19,22,24H,13H2,1-4H3/t18-,19+,22-,24-/m0/s1. The van der Waals surface area contributed by atoms with Crippen molar-refractivity contribution in [3.8, 4) is 0 Å². The minimum Gasteiger partial charge on any atom is -0.294 e. The molecule has 2 bridgehead atoms. The number of benzene rings is 2. The Morgan fingerprint density at radius 1 is 0.667 bits per heavy atom. The number of ketones is 1. The lowest BCUT2D eigenvalue weighted by Crippen LogP contribution is -2.22. The normalized spacial score (nSPS) is 28.4. The fraction of sp³-hybridized carbons (Fsp3) is 0.346. The van der Waals surface area contributed by atoms with E-state index in [1.165, 1.54) is 33.4 Å². The molecule has 0 unspecified atom stereocenters. The number of carbonyl (C=O) groups is 1. The summed E-state index contributed by atoms with van der Waals surface area (Å²) in [5, 5.41) is 0. The molecule has 0 aliphatic heterocycles. The molecule has 1 nitrogen and oxygen atoms in total. The molecule has 0 radical (unpaired) electrons. The second kappa shape index (κ2) is 5.79. The predicted octanol–water partition coefficient (Wildman–Crippen LogP) is 5.85. The molecule has 4 atom stereocenters. The van der Waals surface area contributed by atoms with Gasteiger partial charge in [-0.25, -0.2) is 0 Å². The van der Waals surface area contributed by atoms with E-state index in [0.717, 1.165) is 17.6 Å². The number of hydrogen-bond donors (Lipinski definition) is 0. The minimum absolute atomic E-state index is 0.145. The van der Waals surface area contributed by atoms with Crippen molar-refractivity contribution >= 4 is 16.9 Å². The summed E-state index contributed by atoms with van der Waals surface area (Å²) >= 11 is 0. The van der Waals surface area contributed by atoms with Gasteiger partial charge in [0.2, 0.25) is 0 Å². The van der Waals surface area contributed by atoms with Crippen molar-refractivity contribution in [1.82, 2.24) is 0 Å². The minimum atomic E-state index is 0.145. The van der Waals surface area contributed by atoms with E-state index in [1.54, 1.807) is 0 Å². The van der Waals surface area contributed by atoms with Crippen LogP contribution in [0.2, 0.25) is 0 Å². The summed E-state index contributed by atoms with van der Waals surface area (Å²) in [7, 11) is 0. The van der Waals surface area contributed by atoms with E-state index in [-0.39, 0.29) is 5.92 Å². The Hall–Kier alpha value is -2.41. The number of fused-ring (bicyclic) bond motifs is 5. The maximum Gasteiger partial charge on any atom is 0.168 e. The van der Waals surface area contributed by atoms with Gasteiger partial charge in [-0.2, -0.15) is 0 Å². The van der Waals surface area contributed by atoms with Gasteiger partial charge in [0.25, 0.3) is 0 Å². The van der Waals surface area contributed by atoms with Crippen LogP contribution in [0.25, 0.3) is 11.1 Å². The van der Waals surface area contributed by atoms with Crippen molar-refractivity contribution in [3.05, 3.63) is 81.9 Å². The third-order valence-corrected chi connectivity index (χ3v) is 6.65.